The SMILES string of the molecule is c1ccc(-c2ccc(-n3c4ccccc4c4cc(-c5ccc6c(c5)c5ccc(-c7ccccc7)cc5n6-c5ccccc5)ccc43)cc2)cc1.c1ccc(-c2ccc(-n3c4ccccc4c4cc(-n5c6ccccc6c6ccccc65)ccc43)cc2)cc1.c1ccc(-c2cccc(-n3c4ccccc4c4cc(-c5ccc6c7ccc(-c8ccccc8)cc7n(-c7ccccc7)c6c5)ccc43)c2)cc1. The molecule has 6 nitrogen and oxygen atoms in total. The maximum absolute atomic E-state index is 2.42. The van der Waals surface area contributed by atoms with Gasteiger partial charge in [-0.15, -0.1) is 0 Å². The van der Waals surface area contributed by atoms with Crippen molar-refractivity contribution in [3.05, 3.63) is 534 Å². The molecule has 0 unspecified atom stereocenters. The highest BCUT2D eigenvalue weighted by molar-refractivity contribution is 6.17. The molecule has 6 heterocycles. The van der Waals surface area contributed by atoms with Crippen LogP contribution >= 0.6 is 0 Å². The summed E-state index contributed by atoms with van der Waals surface area (Å²) in [4.78, 5) is 0. The minimum absolute atomic E-state index is 1.16. The summed E-state index contributed by atoms with van der Waals surface area (Å²) in [5, 5.41) is 15.1. The second-order valence-electron chi connectivity index (χ2n) is 35.8. The fraction of sp³-hybridized carbons (Fsp3) is 0. The highest BCUT2D eigenvalue weighted by atomic mass is 15.0. The predicted octanol–water partition coefficient (Wildman–Crippen LogP) is 35.3. The quantitative estimate of drug-likeness (QED) is 0.110. The Kier molecular flexibility index (Phi) is 19.9. The molecule has 6 aromatic heterocycles. The normalized spacial score (nSPS) is 11.6. The summed E-state index contributed by atoms with van der Waals surface area (Å²) in [7, 11) is 0. The maximum Gasteiger partial charge on any atom is 0.0547 e. The smallest absolute Gasteiger partial charge is 0.0547 e. The van der Waals surface area contributed by atoms with E-state index in [-0.39, 0.29) is 0 Å². The van der Waals surface area contributed by atoms with Crippen molar-refractivity contribution in [3.63, 3.8) is 0 Å². The minimum Gasteiger partial charge on any atom is -0.309 e. The lowest BCUT2D eigenvalue weighted by Crippen LogP contribution is -1.95. The van der Waals surface area contributed by atoms with Gasteiger partial charge in [0, 0.05) is 98.8 Å². The lowest BCUT2D eigenvalue weighted by Gasteiger charge is -2.11. The van der Waals surface area contributed by atoms with Crippen LogP contribution in [-0.4, -0.2) is 27.4 Å². The first-order valence-electron chi connectivity index (χ1n) is 47.4. The molecule has 0 bridgehead atoms. The van der Waals surface area contributed by atoms with Crippen LogP contribution in [0.25, 0.3) is 243 Å². The molecule has 0 aliphatic rings. The van der Waals surface area contributed by atoms with Gasteiger partial charge in [0.1, 0.15) is 0 Å². The predicted molar refractivity (Wildman–Crippen MR) is 583 cm³/mol. The lowest BCUT2D eigenvalue weighted by atomic mass is 9.99. The number of rotatable bonds is 13. The second-order valence-corrected chi connectivity index (χ2v) is 35.8. The monoisotopic (exact) mass is 1760 g/mol. The molecular formula is C132H88N6. The van der Waals surface area contributed by atoms with Gasteiger partial charge in [0.05, 0.1) is 66.2 Å². The van der Waals surface area contributed by atoms with Gasteiger partial charge in [-0.2, -0.15) is 0 Å². The Labute approximate surface area is 798 Å². The molecule has 0 saturated carbocycles. The summed E-state index contributed by atoms with van der Waals surface area (Å²) < 4.78 is 14.4. The zero-order chi connectivity index (χ0) is 91.1. The molecule has 646 valence electrons. The fourth-order valence-electron chi connectivity index (χ4n) is 21.5. The van der Waals surface area contributed by atoms with Crippen LogP contribution < -0.4 is 0 Å². The third kappa shape index (κ3) is 14.0. The number of fused-ring (bicyclic) bond motifs is 18. The van der Waals surface area contributed by atoms with Gasteiger partial charge in [-0.05, 0) is 242 Å². The van der Waals surface area contributed by atoms with Gasteiger partial charge in [-0.1, -0.05) is 370 Å². The Bertz CT molecular complexity index is 9460. The van der Waals surface area contributed by atoms with E-state index in [9.17, 15) is 0 Å². The highest BCUT2D eigenvalue weighted by Gasteiger charge is 2.23. The van der Waals surface area contributed by atoms with Gasteiger partial charge in [-0.25, -0.2) is 0 Å². The average molecular weight is 1760 g/mol. The summed E-state index contributed by atoms with van der Waals surface area (Å²) in [6, 6.07) is 193. The molecular weight excluding hydrogens is 1670 g/mol. The van der Waals surface area contributed by atoms with E-state index in [1.165, 1.54) is 220 Å². The summed E-state index contributed by atoms with van der Waals surface area (Å²) in [5.74, 6) is 0. The van der Waals surface area contributed by atoms with Crippen molar-refractivity contribution in [2.75, 3.05) is 0 Å². The Balaban J connectivity index is 0.000000108. The van der Waals surface area contributed by atoms with Crippen molar-refractivity contribution in [1.29, 1.82) is 0 Å². The van der Waals surface area contributed by atoms with Crippen LogP contribution in [0.5, 0.6) is 0 Å². The maximum atomic E-state index is 2.42. The molecule has 22 aromatic carbocycles. The van der Waals surface area contributed by atoms with E-state index >= 15 is 0 Å². The van der Waals surface area contributed by atoms with E-state index in [0.717, 1.165) is 22.7 Å². The van der Waals surface area contributed by atoms with Crippen LogP contribution in [0.2, 0.25) is 0 Å². The lowest BCUT2D eigenvalue weighted by molar-refractivity contribution is 1.17. The zero-order valence-electron chi connectivity index (χ0n) is 75.5. The molecule has 0 N–H and O–H groups in total. The summed E-state index contributed by atoms with van der Waals surface area (Å²) in [6.45, 7) is 0. The van der Waals surface area contributed by atoms with Crippen LogP contribution in [0, 0.1) is 0 Å². The molecule has 0 fully saturated rings. The van der Waals surface area contributed by atoms with Crippen LogP contribution in [-0.2, 0) is 0 Å². The molecule has 6 heteroatoms. The van der Waals surface area contributed by atoms with Crippen molar-refractivity contribution in [3.8, 4) is 112 Å². The van der Waals surface area contributed by atoms with Gasteiger partial charge >= 0.3 is 0 Å². The average Bonchev–Trinajstić information content (AvgIpc) is 1.58. The molecule has 0 radical (unpaired) electrons. The van der Waals surface area contributed by atoms with Crippen LogP contribution in [0.3, 0.4) is 0 Å². The first kappa shape index (κ1) is 80.5. The Hall–Kier alpha value is -18.4. The second kappa shape index (κ2) is 34.0. The zero-order valence-corrected chi connectivity index (χ0v) is 75.5. The summed E-state index contributed by atoms with van der Waals surface area (Å²) in [5.41, 5.74) is 38.6. The van der Waals surface area contributed by atoms with Gasteiger partial charge in [0.2, 0.25) is 0 Å². The molecule has 0 spiro atoms. The minimum atomic E-state index is 1.16. The van der Waals surface area contributed by atoms with E-state index in [1.54, 1.807) is 0 Å². The molecule has 0 amide bonds. The molecule has 0 aliphatic heterocycles. The van der Waals surface area contributed by atoms with Gasteiger partial charge < -0.3 is 27.4 Å². The van der Waals surface area contributed by atoms with Gasteiger partial charge in [0.25, 0.3) is 0 Å². The third-order valence-corrected chi connectivity index (χ3v) is 28.0. The molecule has 0 aliphatic carbocycles. The van der Waals surface area contributed by atoms with Crippen LogP contribution in [0.15, 0.2) is 534 Å². The summed E-state index contributed by atoms with van der Waals surface area (Å²) in [6.07, 6.45) is 0. The Morgan fingerprint density at radius 3 is 0.601 bits per heavy atom. The van der Waals surface area contributed by atoms with E-state index in [0.29, 0.717) is 0 Å². The largest absolute Gasteiger partial charge is 0.309 e. The number of benzene rings is 22. The van der Waals surface area contributed by atoms with E-state index < -0.39 is 0 Å². The highest BCUT2D eigenvalue weighted by Crippen LogP contribution is 2.46. The fourth-order valence-corrected chi connectivity index (χ4v) is 21.5. The van der Waals surface area contributed by atoms with Crippen LogP contribution in [0.1, 0.15) is 0 Å². The van der Waals surface area contributed by atoms with Crippen molar-refractivity contribution in [2.45, 2.75) is 0 Å². The molecule has 0 atom stereocenters. The molecule has 0 saturated heterocycles. The van der Waals surface area contributed by atoms with Crippen molar-refractivity contribution < 1.29 is 0 Å². The number of aromatic nitrogens is 6. The molecule has 138 heavy (non-hydrogen) atoms. The van der Waals surface area contributed by atoms with E-state index in [2.05, 4.69) is 561 Å². The Morgan fingerprint density at radius 1 is 0.0797 bits per heavy atom. The third-order valence-electron chi connectivity index (χ3n) is 28.0. The first-order valence-corrected chi connectivity index (χ1v) is 47.4. The van der Waals surface area contributed by atoms with Crippen molar-refractivity contribution >= 4 is 131 Å². The topological polar surface area (TPSA) is 29.6 Å². The number of nitrogens with zero attached hydrogens (tertiary/aromatic N) is 6. The first-order chi connectivity index (χ1) is 68.5. The Morgan fingerprint density at radius 2 is 0.254 bits per heavy atom. The number of hydrogen-bond acceptors (Lipinski definition) is 0. The van der Waals surface area contributed by atoms with Crippen molar-refractivity contribution in [2.24, 2.45) is 0 Å². The van der Waals surface area contributed by atoms with E-state index in [1.807, 2.05) is 0 Å². The molecule has 28 rings (SSSR count). The van der Waals surface area contributed by atoms with Crippen molar-refractivity contribution in [1.82, 2.24) is 27.4 Å². The number of para-hydroxylation sites is 7. The van der Waals surface area contributed by atoms with Crippen LogP contribution in [0.4, 0.5) is 0 Å². The summed E-state index contributed by atoms with van der Waals surface area (Å²) >= 11 is 0. The molecule has 28 aromatic rings. The van der Waals surface area contributed by atoms with Gasteiger partial charge in [0.15, 0.2) is 0 Å². The van der Waals surface area contributed by atoms with Gasteiger partial charge in [-0.3, -0.25) is 0 Å². The van der Waals surface area contributed by atoms with E-state index in [4.69, 9.17) is 0 Å². The standard InChI is InChI=1S/2C48H32N2.C36H24N2/c1-4-13-33(14-5-1)35-17-12-20-40(29-35)50-45-22-11-10-21-41(45)44-30-36(25-28-46(44)50)38-24-27-43-42-26-23-37(34-15-6-2-7-16-34)31-47(42)49(48(43)32-38)39-18-8-3-9-19-39;1-4-12-33(13-5-1)35-20-25-40(26-21-35)49-45-19-11-10-18-41(45)43-30-36(23-28-46(43)49)37-24-29-47-44(31-37)42-27-22-38(34-14-6-2-7-15-34)32-48(42)50(47)39-16-8-3-9-17-39;1-2-10-25(11-3-1)26-18-20-27(21-19-26)37-35-17-9-6-14-31(35)32-24-28(22-23-36(32)37)38-33-15-7-4-12-29(33)30-13-5-8-16-34(30)38/h2*1-32H;1-24H. The number of hydrogen-bond donors (Lipinski definition) is 0.